The molecule has 0 aliphatic carbocycles. The Labute approximate surface area is 176 Å². The van der Waals surface area contributed by atoms with Crippen molar-refractivity contribution in [2.45, 2.75) is 12.3 Å². The molecule has 0 radical (unpaired) electrons. The van der Waals surface area contributed by atoms with Gasteiger partial charge in [0, 0.05) is 11.6 Å². The summed E-state index contributed by atoms with van der Waals surface area (Å²) >= 11 is 0. The maximum absolute atomic E-state index is 12.9. The van der Waals surface area contributed by atoms with Crippen LogP contribution in [-0.4, -0.2) is 26.4 Å². The lowest BCUT2D eigenvalue weighted by Gasteiger charge is -2.18. The van der Waals surface area contributed by atoms with Gasteiger partial charge in [0.15, 0.2) is 11.3 Å². The molecule has 1 aromatic heterocycles. The molecule has 0 saturated heterocycles. The number of aromatic hydroxyl groups is 3. The maximum atomic E-state index is 12.9. The zero-order valence-electron chi connectivity index (χ0n) is 16.1. The Morgan fingerprint density at radius 3 is 2.13 bits per heavy atom. The van der Waals surface area contributed by atoms with Gasteiger partial charge in [-0.1, -0.05) is 60.7 Å². The van der Waals surface area contributed by atoms with Crippen molar-refractivity contribution in [1.29, 1.82) is 0 Å². The largest absolute Gasteiger partial charge is 0.507 e. The van der Waals surface area contributed by atoms with E-state index in [2.05, 4.69) is 0 Å². The van der Waals surface area contributed by atoms with Crippen LogP contribution in [0.25, 0.3) is 22.3 Å². The molecule has 4 aromatic rings. The van der Waals surface area contributed by atoms with Gasteiger partial charge in [0.05, 0.1) is 11.5 Å². The van der Waals surface area contributed by atoms with Gasteiger partial charge >= 0.3 is 5.97 Å². The smallest absolute Gasteiger partial charge is 0.311 e. The summed E-state index contributed by atoms with van der Waals surface area (Å²) < 4.78 is 5.79. The Morgan fingerprint density at radius 2 is 1.52 bits per heavy atom. The van der Waals surface area contributed by atoms with Gasteiger partial charge in [0.25, 0.3) is 0 Å². The average Bonchev–Trinajstić information content (AvgIpc) is 2.76. The van der Waals surface area contributed by atoms with Crippen LogP contribution < -0.4 is 5.43 Å². The molecule has 3 aromatic carbocycles. The Hall–Kier alpha value is -4.26. The molecule has 156 valence electrons. The lowest BCUT2D eigenvalue weighted by atomic mass is 9.89. The Bertz CT molecular complexity index is 1330. The fraction of sp³-hybridized carbons (Fsp3) is 0.0833. The SMILES string of the molecule is O=C(O)C(Cc1ccccc1)c1c(O)cc(O)c2c(=O)c(O)c(-c3ccccc3)oc12. The molecule has 0 aliphatic rings. The van der Waals surface area contributed by atoms with E-state index < -0.39 is 40.0 Å². The Kier molecular flexibility index (Phi) is 5.09. The quantitative estimate of drug-likeness (QED) is 0.386. The number of hydrogen-bond donors (Lipinski definition) is 4. The summed E-state index contributed by atoms with van der Waals surface area (Å²) in [5, 5.41) is 40.8. The zero-order chi connectivity index (χ0) is 22.1. The lowest BCUT2D eigenvalue weighted by Crippen LogP contribution is -2.16. The van der Waals surface area contributed by atoms with Crippen LogP contribution in [0.5, 0.6) is 17.2 Å². The first-order chi connectivity index (χ1) is 14.9. The third-order valence-electron chi connectivity index (χ3n) is 5.10. The summed E-state index contributed by atoms with van der Waals surface area (Å²) in [5.74, 6) is -4.58. The van der Waals surface area contributed by atoms with Crippen LogP contribution in [-0.2, 0) is 11.2 Å². The van der Waals surface area contributed by atoms with Crippen LogP contribution >= 0.6 is 0 Å². The molecule has 4 N–H and O–H groups in total. The topological polar surface area (TPSA) is 128 Å². The van der Waals surface area contributed by atoms with Crippen LogP contribution in [0.4, 0.5) is 0 Å². The maximum Gasteiger partial charge on any atom is 0.311 e. The Balaban J connectivity index is 2.03. The second-order valence-electron chi connectivity index (χ2n) is 7.09. The van der Waals surface area contributed by atoms with Crippen LogP contribution in [0, 0.1) is 0 Å². The van der Waals surface area contributed by atoms with Crippen molar-refractivity contribution in [3.8, 4) is 28.6 Å². The summed E-state index contributed by atoms with van der Waals surface area (Å²) in [5.41, 5.74) is -0.300. The molecule has 0 saturated carbocycles. The third kappa shape index (κ3) is 3.57. The van der Waals surface area contributed by atoms with Crippen LogP contribution in [0.15, 0.2) is 75.9 Å². The number of carbonyl (C=O) groups is 1. The number of phenols is 2. The zero-order valence-corrected chi connectivity index (χ0v) is 16.1. The number of fused-ring (bicyclic) bond motifs is 1. The van der Waals surface area contributed by atoms with E-state index in [0.717, 1.165) is 6.07 Å². The number of phenolic OH excluding ortho intramolecular Hbond substituents is 2. The van der Waals surface area contributed by atoms with Gasteiger partial charge in [0.1, 0.15) is 16.9 Å². The molecule has 0 bridgehead atoms. The summed E-state index contributed by atoms with van der Waals surface area (Å²) in [6.45, 7) is 0. The van der Waals surface area contributed by atoms with E-state index in [1.54, 1.807) is 60.7 Å². The van der Waals surface area contributed by atoms with Crippen molar-refractivity contribution in [3.63, 3.8) is 0 Å². The lowest BCUT2D eigenvalue weighted by molar-refractivity contribution is -0.138. The highest BCUT2D eigenvalue weighted by atomic mass is 16.4. The van der Waals surface area contributed by atoms with Crippen molar-refractivity contribution < 1.29 is 29.6 Å². The summed E-state index contributed by atoms with van der Waals surface area (Å²) in [6, 6.07) is 18.0. The van der Waals surface area contributed by atoms with E-state index in [4.69, 9.17) is 4.42 Å². The molecule has 1 unspecified atom stereocenters. The molecule has 0 aliphatic heterocycles. The molecule has 1 atom stereocenters. The van der Waals surface area contributed by atoms with Crippen molar-refractivity contribution in [3.05, 3.63) is 88.1 Å². The normalized spacial score (nSPS) is 12.0. The minimum Gasteiger partial charge on any atom is -0.507 e. The average molecular weight is 418 g/mol. The monoisotopic (exact) mass is 418 g/mol. The molecule has 4 rings (SSSR count). The minimum absolute atomic E-state index is 0.00880. The van der Waals surface area contributed by atoms with Crippen LogP contribution in [0.1, 0.15) is 17.0 Å². The van der Waals surface area contributed by atoms with Gasteiger partial charge in [-0.2, -0.15) is 0 Å². The first kappa shape index (κ1) is 20.0. The molecule has 7 nitrogen and oxygen atoms in total. The standard InChI is InChI=1S/C24H18O7/c25-16-12-17(26)19-20(27)21(28)22(14-9-5-2-6-10-14)31-23(19)18(16)15(24(29)30)11-13-7-3-1-4-8-13/h1-10,12,15,25-26,28H,11H2,(H,29,30). The highest BCUT2D eigenvalue weighted by molar-refractivity contribution is 5.94. The van der Waals surface area contributed by atoms with Crippen molar-refractivity contribution in [2.24, 2.45) is 0 Å². The predicted molar refractivity (Wildman–Crippen MR) is 113 cm³/mol. The highest BCUT2D eigenvalue weighted by Crippen LogP contribution is 2.42. The number of hydrogen-bond acceptors (Lipinski definition) is 6. The van der Waals surface area contributed by atoms with E-state index in [0.29, 0.717) is 11.1 Å². The second-order valence-corrected chi connectivity index (χ2v) is 7.09. The van der Waals surface area contributed by atoms with E-state index in [1.165, 1.54) is 0 Å². The molecule has 1 heterocycles. The van der Waals surface area contributed by atoms with Gasteiger partial charge in [-0.05, 0) is 12.0 Å². The molecular weight excluding hydrogens is 400 g/mol. The van der Waals surface area contributed by atoms with Crippen molar-refractivity contribution in [2.75, 3.05) is 0 Å². The van der Waals surface area contributed by atoms with Crippen LogP contribution in [0.2, 0.25) is 0 Å². The number of carboxylic acid groups (broad SMARTS) is 1. The molecule has 7 heteroatoms. The second kappa shape index (κ2) is 7.87. The van der Waals surface area contributed by atoms with E-state index in [9.17, 15) is 30.0 Å². The third-order valence-corrected chi connectivity index (χ3v) is 5.10. The molecule has 0 spiro atoms. The van der Waals surface area contributed by atoms with E-state index in [-0.39, 0.29) is 23.3 Å². The fourth-order valence-electron chi connectivity index (χ4n) is 3.63. The van der Waals surface area contributed by atoms with Gasteiger partial charge in [-0.15, -0.1) is 0 Å². The molecule has 31 heavy (non-hydrogen) atoms. The number of rotatable bonds is 5. The van der Waals surface area contributed by atoms with Crippen molar-refractivity contribution in [1.82, 2.24) is 0 Å². The predicted octanol–water partition coefficient (Wildman–Crippen LogP) is 3.99. The summed E-state index contributed by atoms with van der Waals surface area (Å²) in [6.07, 6.45) is 0.00880. The van der Waals surface area contributed by atoms with Crippen LogP contribution in [0.3, 0.4) is 0 Å². The molecule has 0 amide bonds. The molecular formula is C24H18O7. The van der Waals surface area contributed by atoms with E-state index in [1.807, 2.05) is 0 Å². The minimum atomic E-state index is -1.28. The van der Waals surface area contributed by atoms with E-state index >= 15 is 0 Å². The van der Waals surface area contributed by atoms with Crippen molar-refractivity contribution >= 4 is 16.9 Å². The first-order valence-corrected chi connectivity index (χ1v) is 9.45. The highest BCUT2D eigenvalue weighted by Gasteiger charge is 2.31. The number of aliphatic carboxylic acids is 1. The Morgan fingerprint density at radius 1 is 0.903 bits per heavy atom. The first-order valence-electron chi connectivity index (χ1n) is 9.45. The number of carboxylic acids is 1. The summed E-state index contributed by atoms with van der Waals surface area (Å²) in [4.78, 5) is 25.0. The fourth-order valence-corrected chi connectivity index (χ4v) is 3.63. The molecule has 0 fully saturated rings. The van der Waals surface area contributed by atoms with Gasteiger partial charge < -0.3 is 24.8 Å². The van der Waals surface area contributed by atoms with Gasteiger partial charge in [0.2, 0.25) is 11.2 Å². The number of benzene rings is 3. The van der Waals surface area contributed by atoms with Gasteiger partial charge in [-0.25, -0.2) is 0 Å². The van der Waals surface area contributed by atoms with Gasteiger partial charge in [-0.3, -0.25) is 9.59 Å². The summed E-state index contributed by atoms with van der Waals surface area (Å²) in [7, 11) is 0.